The van der Waals surface area contributed by atoms with Crippen LogP contribution in [-0.2, 0) is 9.59 Å². The summed E-state index contributed by atoms with van der Waals surface area (Å²) in [5, 5.41) is 11.9. The molecule has 0 radical (unpaired) electrons. The number of piperidine rings is 1. The Morgan fingerprint density at radius 2 is 2.12 bits per heavy atom. The Morgan fingerprint density at radius 1 is 1.44 bits per heavy atom. The van der Waals surface area contributed by atoms with Gasteiger partial charge in [0.15, 0.2) is 0 Å². The van der Waals surface area contributed by atoms with E-state index in [0.29, 0.717) is 19.5 Å². The third-order valence-electron chi connectivity index (χ3n) is 3.06. The second-order valence-corrected chi connectivity index (χ2v) is 4.34. The minimum absolute atomic E-state index is 0.0687. The van der Waals surface area contributed by atoms with Crippen LogP contribution in [0, 0.1) is 5.92 Å². The SMILES string of the molecule is CCC(=O)N1CC(CC(=O)O)CC(NC)C1. The number of likely N-dealkylation sites (tertiary alicyclic amines) is 1. The average Bonchev–Trinajstić information content (AvgIpc) is 2.26. The van der Waals surface area contributed by atoms with Gasteiger partial charge in [0.1, 0.15) is 0 Å². The van der Waals surface area contributed by atoms with E-state index in [9.17, 15) is 9.59 Å². The lowest BCUT2D eigenvalue weighted by atomic mass is 9.91. The predicted molar refractivity (Wildman–Crippen MR) is 60.1 cm³/mol. The highest BCUT2D eigenvalue weighted by Gasteiger charge is 2.29. The highest BCUT2D eigenvalue weighted by Crippen LogP contribution is 2.20. The van der Waals surface area contributed by atoms with Gasteiger partial charge in [-0.05, 0) is 19.4 Å². The molecule has 2 atom stereocenters. The molecule has 1 heterocycles. The van der Waals surface area contributed by atoms with Crippen molar-refractivity contribution in [3.63, 3.8) is 0 Å². The first-order valence-corrected chi connectivity index (χ1v) is 5.73. The van der Waals surface area contributed by atoms with Gasteiger partial charge >= 0.3 is 5.97 Å². The normalized spacial score (nSPS) is 25.5. The molecule has 2 unspecified atom stereocenters. The second kappa shape index (κ2) is 5.84. The maximum absolute atomic E-state index is 11.6. The fourth-order valence-electron chi connectivity index (χ4n) is 2.23. The Hall–Kier alpha value is -1.10. The van der Waals surface area contributed by atoms with Crippen molar-refractivity contribution in [3.05, 3.63) is 0 Å². The molecular formula is C11H20N2O3. The summed E-state index contributed by atoms with van der Waals surface area (Å²) in [6, 6.07) is 0.216. The zero-order valence-electron chi connectivity index (χ0n) is 9.90. The molecule has 2 N–H and O–H groups in total. The molecule has 0 bridgehead atoms. The van der Waals surface area contributed by atoms with E-state index in [4.69, 9.17) is 5.11 Å². The van der Waals surface area contributed by atoms with E-state index in [1.54, 1.807) is 4.90 Å². The standard InChI is InChI=1S/C11H20N2O3/c1-3-10(14)13-6-8(5-11(15)16)4-9(7-13)12-2/h8-9,12H,3-7H2,1-2H3,(H,15,16). The lowest BCUT2D eigenvalue weighted by molar-refractivity contribution is -0.141. The molecule has 1 rings (SSSR count). The van der Waals surface area contributed by atoms with Gasteiger partial charge in [-0.25, -0.2) is 0 Å². The zero-order valence-corrected chi connectivity index (χ0v) is 9.90. The highest BCUT2D eigenvalue weighted by atomic mass is 16.4. The molecule has 1 saturated heterocycles. The van der Waals surface area contributed by atoms with E-state index >= 15 is 0 Å². The van der Waals surface area contributed by atoms with Crippen LogP contribution in [-0.4, -0.2) is 48.1 Å². The molecule has 92 valence electrons. The van der Waals surface area contributed by atoms with Crippen LogP contribution in [0.5, 0.6) is 0 Å². The number of hydrogen-bond acceptors (Lipinski definition) is 3. The molecule has 16 heavy (non-hydrogen) atoms. The fraction of sp³-hybridized carbons (Fsp3) is 0.818. The van der Waals surface area contributed by atoms with Gasteiger partial charge in [0.2, 0.25) is 5.91 Å². The number of amides is 1. The summed E-state index contributed by atoms with van der Waals surface area (Å²) in [7, 11) is 1.85. The number of aliphatic carboxylic acids is 1. The molecule has 5 nitrogen and oxygen atoms in total. The molecule has 0 saturated carbocycles. The largest absolute Gasteiger partial charge is 0.481 e. The Bertz CT molecular complexity index is 268. The molecule has 0 aromatic rings. The van der Waals surface area contributed by atoms with Crippen LogP contribution < -0.4 is 5.32 Å². The summed E-state index contributed by atoms with van der Waals surface area (Å²) in [5.41, 5.74) is 0. The molecule has 0 spiro atoms. The van der Waals surface area contributed by atoms with Crippen molar-refractivity contribution in [2.45, 2.75) is 32.2 Å². The summed E-state index contributed by atoms with van der Waals surface area (Å²) in [6.45, 7) is 3.11. The van der Waals surface area contributed by atoms with Crippen molar-refractivity contribution < 1.29 is 14.7 Å². The van der Waals surface area contributed by atoms with Gasteiger partial charge in [-0.1, -0.05) is 6.92 Å². The zero-order chi connectivity index (χ0) is 12.1. The van der Waals surface area contributed by atoms with Crippen LogP contribution in [0.1, 0.15) is 26.2 Å². The van der Waals surface area contributed by atoms with Gasteiger partial charge in [0.05, 0.1) is 0 Å². The fourth-order valence-corrected chi connectivity index (χ4v) is 2.23. The van der Waals surface area contributed by atoms with Crippen LogP contribution in [0.25, 0.3) is 0 Å². The third-order valence-corrected chi connectivity index (χ3v) is 3.06. The van der Waals surface area contributed by atoms with Crippen LogP contribution in [0.15, 0.2) is 0 Å². The van der Waals surface area contributed by atoms with Crippen molar-refractivity contribution in [1.29, 1.82) is 0 Å². The molecule has 1 fully saturated rings. The number of nitrogens with one attached hydrogen (secondary N) is 1. The average molecular weight is 228 g/mol. The number of carboxylic acids is 1. The lowest BCUT2D eigenvalue weighted by Gasteiger charge is -2.37. The van der Waals surface area contributed by atoms with Gasteiger partial charge in [-0.15, -0.1) is 0 Å². The van der Waals surface area contributed by atoms with Crippen LogP contribution in [0.3, 0.4) is 0 Å². The van der Waals surface area contributed by atoms with Gasteiger partial charge < -0.3 is 15.3 Å². The van der Waals surface area contributed by atoms with Gasteiger partial charge in [0, 0.05) is 32.0 Å². The quantitative estimate of drug-likeness (QED) is 0.726. The Kier molecular flexibility index (Phi) is 4.73. The smallest absolute Gasteiger partial charge is 0.303 e. The molecule has 0 aromatic carbocycles. The molecule has 1 aliphatic rings. The van der Waals surface area contributed by atoms with Crippen LogP contribution in [0.2, 0.25) is 0 Å². The van der Waals surface area contributed by atoms with Gasteiger partial charge in [0.25, 0.3) is 0 Å². The van der Waals surface area contributed by atoms with E-state index in [2.05, 4.69) is 5.32 Å². The monoisotopic (exact) mass is 228 g/mol. The summed E-state index contributed by atoms with van der Waals surface area (Å²) in [6.07, 6.45) is 1.46. The first-order valence-electron chi connectivity index (χ1n) is 5.73. The summed E-state index contributed by atoms with van der Waals surface area (Å²) < 4.78 is 0. The first-order chi connectivity index (χ1) is 7.56. The predicted octanol–water partition coefficient (Wildman–Crippen LogP) is 0.308. The van der Waals surface area contributed by atoms with Crippen molar-refractivity contribution in [2.24, 2.45) is 5.92 Å². The maximum Gasteiger partial charge on any atom is 0.303 e. The summed E-state index contributed by atoms with van der Waals surface area (Å²) in [4.78, 5) is 24.1. The Labute approximate surface area is 95.8 Å². The minimum atomic E-state index is -0.786. The number of carbonyl (C=O) groups excluding carboxylic acids is 1. The van der Waals surface area contributed by atoms with Gasteiger partial charge in [-0.3, -0.25) is 9.59 Å². The molecule has 1 amide bonds. The third kappa shape index (κ3) is 3.48. The maximum atomic E-state index is 11.6. The van der Waals surface area contributed by atoms with Crippen molar-refractivity contribution in [1.82, 2.24) is 10.2 Å². The molecular weight excluding hydrogens is 208 g/mol. The topological polar surface area (TPSA) is 69.6 Å². The summed E-state index contributed by atoms with van der Waals surface area (Å²) >= 11 is 0. The number of nitrogens with zero attached hydrogens (tertiary/aromatic N) is 1. The number of likely N-dealkylation sites (N-methyl/N-ethyl adjacent to an activating group) is 1. The minimum Gasteiger partial charge on any atom is -0.481 e. The van der Waals surface area contributed by atoms with Crippen molar-refractivity contribution >= 4 is 11.9 Å². The number of hydrogen-bond donors (Lipinski definition) is 2. The molecule has 1 aliphatic heterocycles. The lowest BCUT2D eigenvalue weighted by Crippen LogP contribution is -2.50. The first kappa shape index (κ1) is 13.0. The van der Waals surface area contributed by atoms with Crippen molar-refractivity contribution in [2.75, 3.05) is 20.1 Å². The number of rotatable bonds is 4. The Morgan fingerprint density at radius 3 is 2.62 bits per heavy atom. The van der Waals surface area contributed by atoms with Gasteiger partial charge in [-0.2, -0.15) is 0 Å². The second-order valence-electron chi connectivity index (χ2n) is 4.34. The molecule has 0 aliphatic carbocycles. The van der Waals surface area contributed by atoms with Crippen LogP contribution >= 0.6 is 0 Å². The van der Waals surface area contributed by atoms with E-state index in [0.717, 1.165) is 6.42 Å². The van der Waals surface area contributed by atoms with E-state index in [-0.39, 0.29) is 24.3 Å². The number of carbonyl (C=O) groups is 2. The Balaban J connectivity index is 2.60. The molecule has 0 aromatic heterocycles. The molecule has 5 heteroatoms. The number of carboxylic acid groups (broad SMARTS) is 1. The van der Waals surface area contributed by atoms with Crippen LogP contribution in [0.4, 0.5) is 0 Å². The van der Waals surface area contributed by atoms with E-state index in [1.807, 2.05) is 14.0 Å². The van der Waals surface area contributed by atoms with E-state index in [1.165, 1.54) is 0 Å². The highest BCUT2D eigenvalue weighted by molar-refractivity contribution is 5.76. The van der Waals surface area contributed by atoms with Crippen molar-refractivity contribution in [3.8, 4) is 0 Å². The van der Waals surface area contributed by atoms with E-state index < -0.39 is 5.97 Å². The summed E-state index contributed by atoms with van der Waals surface area (Å²) in [5.74, 6) is -0.611.